The SMILES string of the molecule is CCN1CCCC1CNC(=O)c1ccc(Sc2cc(C)cc(Cl)c2)c([N+](=O)[O-])c1. The third-order valence-electron chi connectivity index (χ3n) is 5.06. The molecule has 2 aromatic rings. The summed E-state index contributed by atoms with van der Waals surface area (Å²) in [7, 11) is 0. The standard InChI is InChI=1S/C21H24ClN3O3S/c1-3-24-8-4-5-17(24)13-23-21(26)15-6-7-20(19(11-15)25(27)28)29-18-10-14(2)9-16(22)12-18/h6-7,9-12,17H,3-5,8,13H2,1-2H3,(H,23,26). The Balaban J connectivity index is 1.75. The summed E-state index contributed by atoms with van der Waals surface area (Å²) in [6.45, 7) is 6.60. The van der Waals surface area contributed by atoms with E-state index in [9.17, 15) is 14.9 Å². The summed E-state index contributed by atoms with van der Waals surface area (Å²) in [5.74, 6) is -0.286. The Morgan fingerprint density at radius 1 is 1.34 bits per heavy atom. The molecule has 0 bridgehead atoms. The van der Waals surface area contributed by atoms with Crippen LogP contribution >= 0.6 is 23.4 Å². The van der Waals surface area contributed by atoms with Crippen LogP contribution in [0.4, 0.5) is 5.69 Å². The van der Waals surface area contributed by atoms with Gasteiger partial charge in [0, 0.05) is 34.1 Å². The van der Waals surface area contributed by atoms with E-state index in [0.717, 1.165) is 36.4 Å². The second-order valence-corrected chi connectivity index (χ2v) is 8.69. The highest BCUT2D eigenvalue weighted by Crippen LogP contribution is 2.36. The lowest BCUT2D eigenvalue weighted by atomic mass is 10.1. The van der Waals surface area contributed by atoms with Gasteiger partial charge in [0.15, 0.2) is 0 Å². The molecule has 1 saturated heterocycles. The van der Waals surface area contributed by atoms with Crippen molar-refractivity contribution in [3.8, 4) is 0 Å². The average molecular weight is 434 g/mol. The minimum Gasteiger partial charge on any atom is -0.350 e. The number of nitro groups is 1. The van der Waals surface area contributed by atoms with Gasteiger partial charge in [0.05, 0.1) is 9.82 Å². The molecule has 1 aliphatic rings. The van der Waals surface area contributed by atoms with Crippen LogP contribution in [-0.2, 0) is 0 Å². The van der Waals surface area contributed by atoms with Crippen molar-refractivity contribution in [3.05, 3.63) is 62.7 Å². The maximum atomic E-state index is 12.6. The largest absolute Gasteiger partial charge is 0.350 e. The maximum absolute atomic E-state index is 12.6. The van der Waals surface area contributed by atoms with Crippen molar-refractivity contribution >= 4 is 35.0 Å². The fourth-order valence-corrected chi connectivity index (χ4v) is 5.04. The molecule has 2 aromatic carbocycles. The van der Waals surface area contributed by atoms with E-state index in [1.54, 1.807) is 18.2 Å². The topological polar surface area (TPSA) is 75.5 Å². The first-order valence-corrected chi connectivity index (χ1v) is 10.8. The van der Waals surface area contributed by atoms with Gasteiger partial charge < -0.3 is 5.32 Å². The summed E-state index contributed by atoms with van der Waals surface area (Å²) in [6.07, 6.45) is 2.19. The number of carbonyl (C=O) groups is 1. The summed E-state index contributed by atoms with van der Waals surface area (Å²) in [4.78, 5) is 27.3. The van der Waals surface area contributed by atoms with E-state index in [1.807, 2.05) is 19.1 Å². The van der Waals surface area contributed by atoms with Crippen LogP contribution in [0.15, 0.2) is 46.2 Å². The number of benzene rings is 2. The number of likely N-dealkylation sites (tertiary alicyclic amines) is 1. The van der Waals surface area contributed by atoms with Crippen LogP contribution in [0.3, 0.4) is 0 Å². The number of nitrogens with zero attached hydrogens (tertiary/aromatic N) is 2. The first-order valence-electron chi connectivity index (χ1n) is 9.63. The summed E-state index contributed by atoms with van der Waals surface area (Å²) in [6, 6.07) is 10.5. The number of rotatable bonds is 7. The number of hydrogen-bond donors (Lipinski definition) is 1. The molecule has 3 rings (SSSR count). The Labute approximate surface area is 179 Å². The number of nitrogens with one attached hydrogen (secondary N) is 1. The molecule has 0 saturated carbocycles. The quantitative estimate of drug-likeness (QED) is 0.495. The summed E-state index contributed by atoms with van der Waals surface area (Å²) >= 11 is 7.36. The normalized spacial score (nSPS) is 16.7. The molecule has 0 spiro atoms. The highest BCUT2D eigenvalue weighted by atomic mass is 35.5. The zero-order valence-electron chi connectivity index (χ0n) is 16.5. The number of likely N-dealkylation sites (N-methyl/N-ethyl adjacent to an activating group) is 1. The zero-order valence-corrected chi connectivity index (χ0v) is 18.1. The zero-order chi connectivity index (χ0) is 21.0. The van der Waals surface area contributed by atoms with Crippen molar-refractivity contribution in [2.45, 2.75) is 42.5 Å². The Bertz CT molecular complexity index is 902. The molecule has 1 fully saturated rings. The molecule has 1 amide bonds. The molecule has 1 atom stereocenters. The molecular formula is C21H24ClN3O3S. The lowest BCUT2D eigenvalue weighted by molar-refractivity contribution is -0.387. The number of halogens is 1. The van der Waals surface area contributed by atoms with Crippen molar-refractivity contribution in [2.24, 2.45) is 0 Å². The summed E-state index contributed by atoms with van der Waals surface area (Å²) < 4.78 is 0. The molecule has 0 radical (unpaired) electrons. The third-order valence-corrected chi connectivity index (χ3v) is 6.32. The Morgan fingerprint density at radius 3 is 2.83 bits per heavy atom. The van der Waals surface area contributed by atoms with Gasteiger partial charge in [0.2, 0.25) is 0 Å². The number of amides is 1. The van der Waals surface area contributed by atoms with Crippen LogP contribution in [0.25, 0.3) is 0 Å². The van der Waals surface area contributed by atoms with Crippen LogP contribution in [0.5, 0.6) is 0 Å². The first kappa shape index (κ1) is 21.6. The molecule has 154 valence electrons. The van der Waals surface area contributed by atoms with Crippen LogP contribution < -0.4 is 5.32 Å². The molecule has 1 N–H and O–H groups in total. The van der Waals surface area contributed by atoms with E-state index in [4.69, 9.17) is 11.6 Å². The highest BCUT2D eigenvalue weighted by Gasteiger charge is 2.24. The fraction of sp³-hybridized carbons (Fsp3) is 0.381. The van der Waals surface area contributed by atoms with E-state index >= 15 is 0 Å². The summed E-state index contributed by atoms with van der Waals surface area (Å²) in [5, 5.41) is 15.1. The van der Waals surface area contributed by atoms with E-state index in [2.05, 4.69) is 17.1 Å². The van der Waals surface area contributed by atoms with Gasteiger partial charge in [0.25, 0.3) is 11.6 Å². The Hall–Kier alpha value is -2.09. The van der Waals surface area contributed by atoms with E-state index < -0.39 is 4.92 Å². The van der Waals surface area contributed by atoms with Gasteiger partial charge in [-0.15, -0.1) is 0 Å². The van der Waals surface area contributed by atoms with Crippen molar-refractivity contribution in [2.75, 3.05) is 19.6 Å². The van der Waals surface area contributed by atoms with Crippen molar-refractivity contribution in [1.82, 2.24) is 10.2 Å². The lowest BCUT2D eigenvalue weighted by Crippen LogP contribution is -2.40. The van der Waals surface area contributed by atoms with Gasteiger partial charge in [0.1, 0.15) is 0 Å². The molecule has 1 aliphatic heterocycles. The molecule has 8 heteroatoms. The van der Waals surface area contributed by atoms with Crippen LogP contribution in [-0.4, -0.2) is 41.4 Å². The summed E-state index contributed by atoms with van der Waals surface area (Å²) in [5.41, 5.74) is 1.19. The average Bonchev–Trinajstić information content (AvgIpc) is 3.13. The number of carbonyl (C=O) groups excluding carboxylic acids is 1. The highest BCUT2D eigenvalue weighted by molar-refractivity contribution is 7.99. The monoisotopic (exact) mass is 433 g/mol. The number of hydrogen-bond acceptors (Lipinski definition) is 5. The predicted molar refractivity (Wildman–Crippen MR) is 116 cm³/mol. The van der Waals surface area contributed by atoms with Crippen LogP contribution in [0.1, 0.15) is 35.7 Å². The van der Waals surface area contributed by atoms with Crippen molar-refractivity contribution in [3.63, 3.8) is 0 Å². The molecule has 0 aromatic heterocycles. The van der Waals surface area contributed by atoms with Crippen LogP contribution in [0.2, 0.25) is 5.02 Å². The smallest absolute Gasteiger partial charge is 0.284 e. The van der Waals surface area contributed by atoms with E-state index in [-0.39, 0.29) is 11.6 Å². The molecule has 1 heterocycles. The molecule has 0 aliphatic carbocycles. The van der Waals surface area contributed by atoms with Gasteiger partial charge in [-0.05, 0) is 68.8 Å². The van der Waals surface area contributed by atoms with Gasteiger partial charge in [-0.1, -0.05) is 30.3 Å². The maximum Gasteiger partial charge on any atom is 0.284 e. The number of nitro benzene ring substituents is 1. The molecular weight excluding hydrogens is 410 g/mol. The van der Waals surface area contributed by atoms with Gasteiger partial charge >= 0.3 is 0 Å². The van der Waals surface area contributed by atoms with Crippen LogP contribution in [0, 0.1) is 17.0 Å². The second kappa shape index (κ2) is 9.61. The number of aryl methyl sites for hydroxylation is 1. The fourth-order valence-electron chi connectivity index (χ4n) is 3.63. The molecule has 1 unspecified atom stereocenters. The molecule has 29 heavy (non-hydrogen) atoms. The molecule has 6 nitrogen and oxygen atoms in total. The van der Waals surface area contributed by atoms with Gasteiger partial charge in [-0.2, -0.15) is 0 Å². The third kappa shape index (κ3) is 5.50. The first-order chi connectivity index (χ1) is 13.9. The lowest BCUT2D eigenvalue weighted by Gasteiger charge is -2.22. The van der Waals surface area contributed by atoms with Crippen molar-refractivity contribution < 1.29 is 9.72 Å². The van der Waals surface area contributed by atoms with Gasteiger partial charge in [-0.25, -0.2) is 0 Å². The second-order valence-electron chi connectivity index (χ2n) is 7.14. The predicted octanol–water partition coefficient (Wildman–Crippen LogP) is 4.92. The van der Waals surface area contributed by atoms with E-state index in [1.165, 1.54) is 17.8 Å². The minimum atomic E-state index is -0.452. The van der Waals surface area contributed by atoms with Gasteiger partial charge in [-0.3, -0.25) is 19.8 Å². The Morgan fingerprint density at radius 2 is 2.14 bits per heavy atom. The van der Waals surface area contributed by atoms with Crippen molar-refractivity contribution in [1.29, 1.82) is 0 Å². The Kier molecular flexibility index (Phi) is 7.16. The minimum absolute atomic E-state index is 0.0867. The van der Waals surface area contributed by atoms with E-state index in [0.29, 0.717) is 28.1 Å².